The number of nitrogens with one attached hydrogen (secondary N) is 2. The van der Waals surface area contributed by atoms with Gasteiger partial charge in [-0.2, -0.15) is 0 Å². The number of para-hydroxylation sites is 1. The van der Waals surface area contributed by atoms with Gasteiger partial charge in [-0.25, -0.2) is 0 Å². The van der Waals surface area contributed by atoms with Crippen molar-refractivity contribution in [1.82, 2.24) is 4.90 Å². The summed E-state index contributed by atoms with van der Waals surface area (Å²) in [5, 5.41) is 3.37. The first kappa shape index (κ1) is 20.2. The van der Waals surface area contributed by atoms with E-state index in [1.807, 2.05) is 43.3 Å². The molecule has 2 amide bonds. The number of carbonyl (C=O) groups is 2. The summed E-state index contributed by atoms with van der Waals surface area (Å²) in [5.74, 6) is 0.598. The SMILES string of the molecule is Cc1cccc(OCC(=O)N2CC[NH+](CC(=O)Nc3ccccc3Cl)CC2)c1. The van der Waals surface area contributed by atoms with Crippen molar-refractivity contribution in [3.8, 4) is 5.75 Å². The van der Waals surface area contributed by atoms with Gasteiger partial charge in [0.05, 0.1) is 36.9 Å². The minimum absolute atomic E-state index is 0.0268. The number of quaternary nitrogens is 1. The van der Waals surface area contributed by atoms with Crippen molar-refractivity contribution in [3.05, 3.63) is 59.1 Å². The molecular weight excluding hydrogens is 378 g/mol. The Balaban J connectivity index is 1.40. The van der Waals surface area contributed by atoms with Gasteiger partial charge in [-0.1, -0.05) is 35.9 Å². The number of carbonyl (C=O) groups excluding carboxylic acids is 2. The minimum atomic E-state index is -0.0781. The van der Waals surface area contributed by atoms with Gasteiger partial charge in [0.15, 0.2) is 13.2 Å². The highest BCUT2D eigenvalue weighted by atomic mass is 35.5. The molecule has 0 aliphatic carbocycles. The summed E-state index contributed by atoms with van der Waals surface area (Å²) in [6.45, 7) is 5.06. The van der Waals surface area contributed by atoms with Crippen LogP contribution in [0, 0.1) is 6.92 Å². The molecule has 0 saturated carbocycles. The van der Waals surface area contributed by atoms with E-state index in [0.29, 0.717) is 36.1 Å². The van der Waals surface area contributed by atoms with Gasteiger partial charge >= 0.3 is 0 Å². The Bertz CT molecular complexity index is 835. The quantitative estimate of drug-likeness (QED) is 0.767. The summed E-state index contributed by atoms with van der Waals surface area (Å²) in [7, 11) is 0. The summed E-state index contributed by atoms with van der Waals surface area (Å²) >= 11 is 6.07. The van der Waals surface area contributed by atoms with Crippen LogP contribution in [0.25, 0.3) is 0 Å². The molecule has 1 fully saturated rings. The number of hydrogen-bond acceptors (Lipinski definition) is 3. The maximum atomic E-state index is 12.4. The molecule has 7 heteroatoms. The minimum Gasteiger partial charge on any atom is -0.484 e. The molecule has 0 aromatic heterocycles. The molecule has 2 N–H and O–H groups in total. The molecule has 1 aliphatic rings. The van der Waals surface area contributed by atoms with Gasteiger partial charge in [-0.05, 0) is 36.8 Å². The summed E-state index contributed by atoms with van der Waals surface area (Å²) in [5.41, 5.74) is 1.72. The third kappa shape index (κ3) is 5.71. The molecule has 1 saturated heterocycles. The molecule has 1 heterocycles. The highest BCUT2D eigenvalue weighted by Gasteiger charge is 2.25. The van der Waals surface area contributed by atoms with Gasteiger partial charge in [-0.15, -0.1) is 0 Å². The standard InChI is InChI=1S/C21H24ClN3O3/c1-16-5-4-6-17(13-16)28-15-21(27)25-11-9-24(10-12-25)14-20(26)23-19-8-3-2-7-18(19)22/h2-8,13H,9-12,14-15H2,1H3,(H,23,26)/p+1. The van der Waals surface area contributed by atoms with E-state index in [1.54, 1.807) is 17.0 Å². The molecule has 0 radical (unpaired) electrons. The molecule has 3 rings (SSSR count). The molecule has 0 atom stereocenters. The van der Waals surface area contributed by atoms with Crippen molar-refractivity contribution < 1.29 is 19.2 Å². The molecule has 2 aromatic carbocycles. The normalized spacial score (nSPS) is 14.6. The van der Waals surface area contributed by atoms with Crippen LogP contribution in [0.4, 0.5) is 5.69 Å². The van der Waals surface area contributed by atoms with Gasteiger partial charge in [0.25, 0.3) is 11.8 Å². The predicted molar refractivity (Wildman–Crippen MR) is 109 cm³/mol. The number of benzene rings is 2. The zero-order valence-electron chi connectivity index (χ0n) is 15.9. The van der Waals surface area contributed by atoms with Crippen LogP contribution < -0.4 is 15.0 Å². The van der Waals surface area contributed by atoms with E-state index in [2.05, 4.69) is 5.32 Å². The van der Waals surface area contributed by atoms with E-state index in [4.69, 9.17) is 16.3 Å². The maximum absolute atomic E-state index is 12.4. The Morgan fingerprint density at radius 3 is 2.61 bits per heavy atom. The van der Waals surface area contributed by atoms with E-state index in [1.165, 1.54) is 0 Å². The molecule has 0 spiro atoms. The Labute approximate surface area is 170 Å². The highest BCUT2D eigenvalue weighted by Crippen LogP contribution is 2.19. The molecule has 28 heavy (non-hydrogen) atoms. The van der Waals surface area contributed by atoms with Gasteiger partial charge in [0.1, 0.15) is 5.75 Å². The van der Waals surface area contributed by atoms with E-state index in [9.17, 15) is 9.59 Å². The number of hydrogen-bond donors (Lipinski definition) is 2. The summed E-state index contributed by atoms with van der Waals surface area (Å²) < 4.78 is 5.60. The lowest BCUT2D eigenvalue weighted by atomic mass is 10.2. The first-order chi connectivity index (χ1) is 13.5. The van der Waals surface area contributed by atoms with Crippen molar-refractivity contribution in [1.29, 1.82) is 0 Å². The topological polar surface area (TPSA) is 63.1 Å². The summed E-state index contributed by atoms with van der Waals surface area (Å²) in [6, 6.07) is 14.8. The fourth-order valence-electron chi connectivity index (χ4n) is 3.17. The molecule has 0 unspecified atom stereocenters. The lowest BCUT2D eigenvalue weighted by Crippen LogP contribution is -3.15. The number of anilines is 1. The predicted octanol–water partition coefficient (Wildman–Crippen LogP) is 1.39. The van der Waals surface area contributed by atoms with Crippen LogP contribution in [0.2, 0.25) is 5.02 Å². The van der Waals surface area contributed by atoms with Crippen LogP contribution in [0.15, 0.2) is 48.5 Å². The van der Waals surface area contributed by atoms with Crippen LogP contribution in [-0.4, -0.2) is 56.0 Å². The molecule has 6 nitrogen and oxygen atoms in total. The molecule has 1 aliphatic heterocycles. The first-order valence-electron chi connectivity index (χ1n) is 9.36. The third-order valence-electron chi connectivity index (χ3n) is 4.73. The number of rotatable bonds is 6. The average Bonchev–Trinajstić information content (AvgIpc) is 2.68. The highest BCUT2D eigenvalue weighted by molar-refractivity contribution is 6.33. The Kier molecular flexibility index (Phi) is 6.90. The smallest absolute Gasteiger partial charge is 0.279 e. The van der Waals surface area contributed by atoms with Crippen LogP contribution in [0.5, 0.6) is 5.75 Å². The molecule has 148 valence electrons. The van der Waals surface area contributed by atoms with E-state index in [0.717, 1.165) is 23.6 Å². The van der Waals surface area contributed by atoms with Crippen molar-refractivity contribution >= 4 is 29.1 Å². The monoisotopic (exact) mass is 402 g/mol. The summed E-state index contributed by atoms with van der Waals surface area (Å²) in [6.07, 6.45) is 0. The summed E-state index contributed by atoms with van der Waals surface area (Å²) in [4.78, 5) is 27.5. The van der Waals surface area contributed by atoms with Crippen LogP contribution in [-0.2, 0) is 9.59 Å². The number of aryl methyl sites for hydroxylation is 1. The van der Waals surface area contributed by atoms with Gasteiger partial charge in [0.2, 0.25) is 0 Å². The van der Waals surface area contributed by atoms with Gasteiger partial charge in [-0.3, -0.25) is 9.59 Å². The molecule has 2 aromatic rings. The van der Waals surface area contributed by atoms with Gasteiger partial charge in [0, 0.05) is 0 Å². The van der Waals surface area contributed by atoms with Crippen molar-refractivity contribution in [2.24, 2.45) is 0 Å². The second-order valence-electron chi connectivity index (χ2n) is 6.94. The first-order valence-corrected chi connectivity index (χ1v) is 9.74. The number of amides is 2. The lowest BCUT2D eigenvalue weighted by molar-refractivity contribution is -0.895. The van der Waals surface area contributed by atoms with Crippen molar-refractivity contribution in [2.45, 2.75) is 6.92 Å². The van der Waals surface area contributed by atoms with Gasteiger partial charge < -0.3 is 19.9 Å². The maximum Gasteiger partial charge on any atom is 0.279 e. The number of nitrogens with zero attached hydrogens (tertiary/aromatic N) is 1. The average molecular weight is 403 g/mol. The zero-order valence-corrected chi connectivity index (χ0v) is 16.7. The second-order valence-corrected chi connectivity index (χ2v) is 7.35. The van der Waals surface area contributed by atoms with E-state index >= 15 is 0 Å². The Hall–Kier alpha value is -2.57. The molecule has 0 bridgehead atoms. The fourth-order valence-corrected chi connectivity index (χ4v) is 3.36. The zero-order chi connectivity index (χ0) is 19.9. The van der Waals surface area contributed by atoms with E-state index < -0.39 is 0 Å². The van der Waals surface area contributed by atoms with Crippen LogP contribution in [0.3, 0.4) is 0 Å². The fraction of sp³-hybridized carbons (Fsp3) is 0.333. The van der Waals surface area contributed by atoms with Crippen molar-refractivity contribution in [3.63, 3.8) is 0 Å². The number of halogens is 1. The Morgan fingerprint density at radius 1 is 1.14 bits per heavy atom. The van der Waals surface area contributed by atoms with Crippen molar-refractivity contribution in [2.75, 3.05) is 44.6 Å². The molecular formula is C21H25ClN3O3+. The van der Waals surface area contributed by atoms with E-state index in [-0.39, 0.29) is 18.4 Å². The third-order valence-corrected chi connectivity index (χ3v) is 5.06. The largest absolute Gasteiger partial charge is 0.484 e. The van der Waals surface area contributed by atoms with Crippen LogP contribution >= 0.6 is 11.6 Å². The Morgan fingerprint density at radius 2 is 1.89 bits per heavy atom. The number of ether oxygens (including phenoxy) is 1. The number of piperazine rings is 1. The lowest BCUT2D eigenvalue weighted by Gasteiger charge is -2.31. The van der Waals surface area contributed by atoms with Crippen LogP contribution in [0.1, 0.15) is 5.56 Å². The second kappa shape index (κ2) is 9.57.